The van der Waals surface area contributed by atoms with E-state index in [9.17, 15) is 5.11 Å². The van der Waals surface area contributed by atoms with Crippen LogP contribution in [0.5, 0.6) is 11.6 Å². The van der Waals surface area contributed by atoms with E-state index < -0.39 is 0 Å². The number of phenolic OH excluding ortho intramolecular Hbond substituents is 1. The van der Waals surface area contributed by atoms with Gasteiger partial charge in [-0.1, -0.05) is 6.07 Å². The summed E-state index contributed by atoms with van der Waals surface area (Å²) in [6.07, 6.45) is 0.716. The van der Waals surface area contributed by atoms with Crippen LogP contribution in [0.2, 0.25) is 0 Å². The van der Waals surface area contributed by atoms with Crippen molar-refractivity contribution in [2.75, 3.05) is 13.7 Å². The van der Waals surface area contributed by atoms with Crippen molar-refractivity contribution in [2.45, 2.75) is 13.3 Å². The van der Waals surface area contributed by atoms with Gasteiger partial charge in [-0.25, -0.2) is 4.68 Å². The van der Waals surface area contributed by atoms with E-state index in [0.717, 1.165) is 16.9 Å². The fourth-order valence-electron chi connectivity index (χ4n) is 1.98. The molecule has 0 bridgehead atoms. The van der Waals surface area contributed by atoms with Gasteiger partial charge >= 0.3 is 0 Å². The summed E-state index contributed by atoms with van der Waals surface area (Å²) < 4.78 is 7.09. The number of methoxy groups -OCH3 is 1. The molecule has 0 aliphatic carbocycles. The van der Waals surface area contributed by atoms with Gasteiger partial charge in [0.05, 0.1) is 18.5 Å². The molecule has 5 heteroatoms. The minimum Gasteiger partial charge on any atom is -0.508 e. The summed E-state index contributed by atoms with van der Waals surface area (Å²) in [7, 11) is 1.61. The Morgan fingerprint density at radius 3 is 2.83 bits per heavy atom. The molecule has 2 rings (SSSR count). The number of aryl methyl sites for hydroxylation is 1. The van der Waals surface area contributed by atoms with Crippen molar-refractivity contribution in [2.24, 2.45) is 5.73 Å². The fraction of sp³-hybridized carbons (Fsp3) is 0.308. The molecule has 5 nitrogen and oxygen atoms in total. The van der Waals surface area contributed by atoms with Crippen molar-refractivity contribution in [3.8, 4) is 17.3 Å². The highest BCUT2D eigenvalue weighted by Gasteiger charge is 2.16. The van der Waals surface area contributed by atoms with Crippen LogP contribution in [0.3, 0.4) is 0 Å². The number of phenols is 1. The Kier molecular flexibility index (Phi) is 3.53. The standard InChI is InChI=1S/C13H17N3O2/c1-9-12(6-7-14)13(18-2)16(15-9)10-4-3-5-11(17)8-10/h3-5,8,17H,6-7,14H2,1-2H3. The molecule has 0 spiro atoms. The highest BCUT2D eigenvalue weighted by Crippen LogP contribution is 2.27. The number of hydrogen-bond donors (Lipinski definition) is 2. The SMILES string of the molecule is COc1c(CCN)c(C)nn1-c1cccc(O)c1. The van der Waals surface area contributed by atoms with Crippen LogP contribution in [-0.2, 0) is 6.42 Å². The molecular weight excluding hydrogens is 230 g/mol. The predicted molar refractivity (Wildman–Crippen MR) is 69.3 cm³/mol. The second kappa shape index (κ2) is 5.10. The van der Waals surface area contributed by atoms with Gasteiger partial charge in [0.15, 0.2) is 0 Å². The molecule has 1 heterocycles. The van der Waals surface area contributed by atoms with Crippen LogP contribution in [-0.4, -0.2) is 28.5 Å². The molecule has 2 aromatic rings. The number of aromatic nitrogens is 2. The minimum absolute atomic E-state index is 0.197. The zero-order valence-corrected chi connectivity index (χ0v) is 10.6. The molecule has 0 radical (unpaired) electrons. The molecule has 0 atom stereocenters. The van der Waals surface area contributed by atoms with E-state index in [4.69, 9.17) is 10.5 Å². The van der Waals surface area contributed by atoms with E-state index in [1.54, 1.807) is 30.0 Å². The molecule has 96 valence electrons. The van der Waals surface area contributed by atoms with Crippen LogP contribution in [0.15, 0.2) is 24.3 Å². The zero-order valence-electron chi connectivity index (χ0n) is 10.6. The first-order valence-electron chi connectivity index (χ1n) is 5.79. The van der Waals surface area contributed by atoms with Gasteiger partial charge in [0.2, 0.25) is 5.88 Å². The van der Waals surface area contributed by atoms with Crippen LogP contribution in [0.4, 0.5) is 0 Å². The van der Waals surface area contributed by atoms with E-state index in [0.29, 0.717) is 18.8 Å². The Hall–Kier alpha value is -2.01. The summed E-state index contributed by atoms with van der Waals surface area (Å²) in [5.74, 6) is 0.867. The van der Waals surface area contributed by atoms with Crippen molar-refractivity contribution >= 4 is 0 Å². The lowest BCUT2D eigenvalue weighted by Crippen LogP contribution is -2.05. The molecule has 18 heavy (non-hydrogen) atoms. The van der Waals surface area contributed by atoms with Gasteiger partial charge in [-0.15, -0.1) is 0 Å². The predicted octanol–water partition coefficient (Wildman–Crippen LogP) is 1.40. The second-order valence-corrected chi connectivity index (χ2v) is 4.04. The fourth-order valence-corrected chi connectivity index (χ4v) is 1.98. The number of nitrogens with two attached hydrogens (primary N) is 1. The maximum Gasteiger partial charge on any atom is 0.219 e. The van der Waals surface area contributed by atoms with Crippen molar-refractivity contribution in [3.63, 3.8) is 0 Å². The van der Waals surface area contributed by atoms with Crippen molar-refractivity contribution in [1.82, 2.24) is 9.78 Å². The molecule has 1 aromatic heterocycles. The normalized spacial score (nSPS) is 10.6. The Morgan fingerprint density at radius 1 is 1.44 bits per heavy atom. The maximum absolute atomic E-state index is 9.52. The van der Waals surface area contributed by atoms with Gasteiger partial charge in [0.25, 0.3) is 0 Å². The number of rotatable bonds is 4. The first-order chi connectivity index (χ1) is 8.67. The Morgan fingerprint density at radius 2 is 2.22 bits per heavy atom. The molecule has 0 aliphatic rings. The quantitative estimate of drug-likeness (QED) is 0.856. The zero-order chi connectivity index (χ0) is 13.1. The van der Waals surface area contributed by atoms with E-state index in [2.05, 4.69) is 5.10 Å². The number of benzene rings is 1. The molecule has 3 N–H and O–H groups in total. The first kappa shape index (κ1) is 12.4. The number of aromatic hydroxyl groups is 1. The smallest absolute Gasteiger partial charge is 0.219 e. The lowest BCUT2D eigenvalue weighted by Gasteiger charge is -2.08. The third kappa shape index (κ3) is 2.17. The number of ether oxygens (including phenoxy) is 1. The van der Waals surface area contributed by atoms with Crippen LogP contribution in [0.25, 0.3) is 5.69 Å². The lowest BCUT2D eigenvalue weighted by molar-refractivity contribution is 0.379. The summed E-state index contributed by atoms with van der Waals surface area (Å²) >= 11 is 0. The third-order valence-corrected chi connectivity index (χ3v) is 2.80. The van der Waals surface area contributed by atoms with E-state index >= 15 is 0 Å². The molecule has 1 aromatic carbocycles. The molecule has 0 unspecified atom stereocenters. The monoisotopic (exact) mass is 247 g/mol. The van der Waals surface area contributed by atoms with Gasteiger partial charge in [-0.05, 0) is 32.0 Å². The molecule has 0 saturated heterocycles. The summed E-state index contributed by atoms with van der Waals surface area (Å²) in [5, 5.41) is 14.0. The average Bonchev–Trinajstić information content (AvgIpc) is 2.67. The minimum atomic E-state index is 0.197. The molecule has 0 aliphatic heterocycles. The third-order valence-electron chi connectivity index (χ3n) is 2.80. The highest BCUT2D eigenvalue weighted by molar-refractivity contribution is 5.44. The summed E-state index contributed by atoms with van der Waals surface area (Å²) in [6.45, 7) is 2.47. The van der Waals surface area contributed by atoms with Crippen molar-refractivity contribution < 1.29 is 9.84 Å². The van der Waals surface area contributed by atoms with Gasteiger partial charge in [0.1, 0.15) is 5.75 Å². The van der Waals surface area contributed by atoms with Crippen LogP contribution in [0, 0.1) is 6.92 Å². The number of hydrogen-bond acceptors (Lipinski definition) is 4. The Labute approximate surface area is 106 Å². The number of nitrogens with zero attached hydrogens (tertiary/aromatic N) is 2. The summed E-state index contributed by atoms with van der Waals surface area (Å²) in [5.41, 5.74) is 8.25. The second-order valence-electron chi connectivity index (χ2n) is 4.04. The van der Waals surface area contributed by atoms with Crippen LogP contribution in [0.1, 0.15) is 11.3 Å². The van der Waals surface area contributed by atoms with Gasteiger partial charge in [-0.2, -0.15) is 5.10 Å². The topological polar surface area (TPSA) is 73.3 Å². The van der Waals surface area contributed by atoms with Crippen molar-refractivity contribution in [1.29, 1.82) is 0 Å². The highest BCUT2D eigenvalue weighted by atomic mass is 16.5. The molecule has 0 fully saturated rings. The van der Waals surface area contributed by atoms with E-state index in [1.165, 1.54) is 0 Å². The van der Waals surface area contributed by atoms with Crippen LogP contribution >= 0.6 is 0 Å². The van der Waals surface area contributed by atoms with E-state index in [1.807, 2.05) is 13.0 Å². The lowest BCUT2D eigenvalue weighted by atomic mass is 10.2. The maximum atomic E-state index is 9.52. The largest absolute Gasteiger partial charge is 0.508 e. The van der Waals surface area contributed by atoms with Gasteiger partial charge in [0, 0.05) is 11.6 Å². The van der Waals surface area contributed by atoms with Crippen molar-refractivity contribution in [3.05, 3.63) is 35.5 Å². The first-order valence-corrected chi connectivity index (χ1v) is 5.79. The molecular formula is C13H17N3O2. The van der Waals surface area contributed by atoms with Crippen LogP contribution < -0.4 is 10.5 Å². The van der Waals surface area contributed by atoms with Gasteiger partial charge in [-0.3, -0.25) is 0 Å². The molecule has 0 amide bonds. The summed E-state index contributed by atoms with van der Waals surface area (Å²) in [6, 6.07) is 6.89. The Bertz CT molecular complexity index is 549. The Balaban J connectivity index is 2.54. The van der Waals surface area contributed by atoms with E-state index in [-0.39, 0.29) is 5.75 Å². The molecule has 0 saturated carbocycles. The summed E-state index contributed by atoms with van der Waals surface area (Å²) in [4.78, 5) is 0. The van der Waals surface area contributed by atoms with Gasteiger partial charge < -0.3 is 15.6 Å². The average molecular weight is 247 g/mol.